The summed E-state index contributed by atoms with van der Waals surface area (Å²) in [5.74, 6) is 1.89. The fourth-order valence-electron chi connectivity index (χ4n) is 2.88. The molecule has 2 aliphatic heterocycles. The first-order chi connectivity index (χ1) is 9.36. The minimum atomic E-state index is 0. The van der Waals surface area contributed by atoms with Gasteiger partial charge in [-0.1, -0.05) is 0 Å². The van der Waals surface area contributed by atoms with Crippen LogP contribution in [-0.4, -0.2) is 63.0 Å². The number of halogens is 1. The Balaban J connectivity index is 0.00000147. The molecule has 1 N–H and O–H groups in total. The zero-order chi connectivity index (χ0) is 13.1. The molecule has 6 heteroatoms. The number of rotatable bonds is 3. The molecule has 0 aromatic heterocycles. The molecule has 116 valence electrons. The van der Waals surface area contributed by atoms with E-state index in [2.05, 4.69) is 15.2 Å². The van der Waals surface area contributed by atoms with Crippen molar-refractivity contribution in [2.24, 2.45) is 10.9 Å². The molecule has 20 heavy (non-hydrogen) atoms. The van der Waals surface area contributed by atoms with Crippen LogP contribution in [0.3, 0.4) is 0 Å². The van der Waals surface area contributed by atoms with Crippen LogP contribution in [0.15, 0.2) is 4.99 Å². The highest BCUT2D eigenvalue weighted by Crippen LogP contribution is 2.27. The molecule has 0 amide bonds. The minimum absolute atomic E-state index is 0. The van der Waals surface area contributed by atoms with Crippen LogP contribution in [0, 0.1) is 5.92 Å². The Morgan fingerprint density at radius 1 is 1.20 bits per heavy atom. The minimum Gasteiger partial charge on any atom is -0.375 e. The molecule has 3 aliphatic rings. The third-order valence-corrected chi connectivity index (χ3v) is 4.23. The van der Waals surface area contributed by atoms with Gasteiger partial charge >= 0.3 is 0 Å². The maximum absolute atomic E-state index is 5.88. The van der Waals surface area contributed by atoms with E-state index in [-0.39, 0.29) is 36.2 Å². The molecule has 0 spiro atoms. The van der Waals surface area contributed by atoms with Crippen LogP contribution in [0.4, 0.5) is 0 Å². The van der Waals surface area contributed by atoms with Crippen LogP contribution in [0.5, 0.6) is 0 Å². The molecule has 2 heterocycles. The molecule has 3 fully saturated rings. The summed E-state index contributed by atoms with van der Waals surface area (Å²) in [5, 5.41) is 3.49. The van der Waals surface area contributed by atoms with Gasteiger partial charge in [-0.3, -0.25) is 4.99 Å². The summed E-state index contributed by atoms with van der Waals surface area (Å²) >= 11 is 0. The largest absolute Gasteiger partial charge is 0.375 e. The lowest BCUT2D eigenvalue weighted by Gasteiger charge is -2.37. The van der Waals surface area contributed by atoms with E-state index in [0.717, 1.165) is 51.1 Å². The second-order valence-corrected chi connectivity index (χ2v) is 5.78. The topological polar surface area (TPSA) is 46.1 Å². The van der Waals surface area contributed by atoms with E-state index in [1.165, 1.54) is 19.3 Å². The van der Waals surface area contributed by atoms with Crippen molar-refractivity contribution in [3.63, 3.8) is 0 Å². The number of nitrogens with one attached hydrogen (secondary N) is 1. The maximum atomic E-state index is 5.88. The first-order valence-electron chi connectivity index (χ1n) is 7.55. The van der Waals surface area contributed by atoms with Crippen molar-refractivity contribution in [1.29, 1.82) is 0 Å². The summed E-state index contributed by atoms with van der Waals surface area (Å²) in [4.78, 5) is 6.73. The van der Waals surface area contributed by atoms with E-state index in [1.54, 1.807) is 0 Å². The first kappa shape index (κ1) is 16.3. The van der Waals surface area contributed by atoms with Crippen molar-refractivity contribution in [3.05, 3.63) is 0 Å². The summed E-state index contributed by atoms with van der Waals surface area (Å²) in [6, 6.07) is 0. The first-order valence-corrected chi connectivity index (χ1v) is 7.55. The molecule has 3 rings (SSSR count). The van der Waals surface area contributed by atoms with Crippen LogP contribution < -0.4 is 5.32 Å². The van der Waals surface area contributed by atoms with E-state index in [1.807, 2.05) is 7.05 Å². The maximum Gasteiger partial charge on any atom is 0.193 e. The lowest BCUT2D eigenvalue weighted by molar-refractivity contribution is -0.0817. The van der Waals surface area contributed by atoms with Gasteiger partial charge in [0.15, 0.2) is 5.96 Å². The van der Waals surface area contributed by atoms with Gasteiger partial charge in [0.1, 0.15) is 6.10 Å². The van der Waals surface area contributed by atoms with Crippen molar-refractivity contribution in [3.8, 4) is 0 Å². The van der Waals surface area contributed by atoms with Crippen molar-refractivity contribution in [2.75, 3.05) is 39.9 Å². The Morgan fingerprint density at radius 3 is 2.65 bits per heavy atom. The van der Waals surface area contributed by atoms with Crippen LogP contribution in [0.2, 0.25) is 0 Å². The van der Waals surface area contributed by atoms with Gasteiger partial charge in [0.2, 0.25) is 0 Å². The molecular weight excluding hydrogens is 369 g/mol. The molecule has 1 aliphatic carbocycles. The number of aliphatic imine (C=N–C) groups is 1. The highest BCUT2D eigenvalue weighted by Gasteiger charge is 2.32. The average molecular weight is 395 g/mol. The quantitative estimate of drug-likeness (QED) is 0.447. The van der Waals surface area contributed by atoms with Crippen molar-refractivity contribution < 1.29 is 9.47 Å². The van der Waals surface area contributed by atoms with Gasteiger partial charge < -0.3 is 19.7 Å². The monoisotopic (exact) mass is 395 g/mol. The van der Waals surface area contributed by atoms with E-state index in [4.69, 9.17) is 9.47 Å². The molecule has 5 nitrogen and oxygen atoms in total. The van der Waals surface area contributed by atoms with E-state index in [0.29, 0.717) is 0 Å². The van der Waals surface area contributed by atoms with Crippen LogP contribution in [0.25, 0.3) is 0 Å². The van der Waals surface area contributed by atoms with E-state index < -0.39 is 0 Å². The van der Waals surface area contributed by atoms with Gasteiger partial charge in [-0.2, -0.15) is 0 Å². The third kappa shape index (κ3) is 4.21. The number of hydrogen-bond acceptors (Lipinski definition) is 3. The van der Waals surface area contributed by atoms with Gasteiger partial charge in [-0.15, -0.1) is 24.0 Å². The number of nitrogens with zero attached hydrogens (tertiary/aromatic N) is 2. The van der Waals surface area contributed by atoms with Gasteiger partial charge in [-0.25, -0.2) is 0 Å². The standard InChI is InChI=1S/C14H25N3O2.HI/c1-15-14(16-9-11-4-5-11)17-6-8-19-13(10-17)12-3-2-7-18-12;/h11-13H,2-10H2,1H3,(H,15,16);1H. The average Bonchev–Trinajstić information content (AvgIpc) is 3.11. The Bertz CT molecular complexity index is 330. The SMILES string of the molecule is CN=C(NCC1CC1)N1CCOC(C2CCCO2)C1.I. The van der Waals surface area contributed by atoms with Gasteiger partial charge in [0, 0.05) is 33.3 Å². The summed E-state index contributed by atoms with van der Waals surface area (Å²) in [6.07, 6.45) is 5.52. The van der Waals surface area contributed by atoms with E-state index >= 15 is 0 Å². The van der Waals surface area contributed by atoms with Gasteiger partial charge in [-0.05, 0) is 31.6 Å². The lowest BCUT2D eigenvalue weighted by Crippen LogP contribution is -2.53. The summed E-state index contributed by atoms with van der Waals surface area (Å²) in [5.41, 5.74) is 0. The predicted octanol–water partition coefficient (Wildman–Crippen LogP) is 1.47. The van der Waals surface area contributed by atoms with Crippen LogP contribution >= 0.6 is 24.0 Å². The Kier molecular flexibility index (Phi) is 6.35. The highest BCUT2D eigenvalue weighted by atomic mass is 127. The fourth-order valence-corrected chi connectivity index (χ4v) is 2.88. The Labute approximate surface area is 138 Å². The predicted molar refractivity (Wildman–Crippen MR) is 89.8 cm³/mol. The summed E-state index contributed by atoms with van der Waals surface area (Å²) in [6.45, 7) is 4.55. The molecule has 2 atom stereocenters. The van der Waals surface area contributed by atoms with Gasteiger partial charge in [0.05, 0.1) is 12.7 Å². The fraction of sp³-hybridized carbons (Fsp3) is 0.929. The Morgan fingerprint density at radius 2 is 2.00 bits per heavy atom. The van der Waals surface area contributed by atoms with Crippen molar-refractivity contribution in [2.45, 2.75) is 37.9 Å². The lowest BCUT2D eigenvalue weighted by atomic mass is 10.1. The molecular formula is C14H26IN3O2. The smallest absolute Gasteiger partial charge is 0.193 e. The molecule has 1 saturated carbocycles. The normalized spacial score (nSPS) is 31.1. The van der Waals surface area contributed by atoms with Crippen LogP contribution in [-0.2, 0) is 9.47 Å². The zero-order valence-electron chi connectivity index (χ0n) is 12.2. The van der Waals surface area contributed by atoms with Gasteiger partial charge in [0.25, 0.3) is 0 Å². The number of guanidine groups is 1. The number of morpholine rings is 1. The molecule has 2 unspecified atom stereocenters. The van der Waals surface area contributed by atoms with Crippen LogP contribution in [0.1, 0.15) is 25.7 Å². The summed E-state index contributed by atoms with van der Waals surface area (Å²) < 4.78 is 11.6. The highest BCUT2D eigenvalue weighted by molar-refractivity contribution is 14.0. The summed E-state index contributed by atoms with van der Waals surface area (Å²) in [7, 11) is 1.87. The molecule has 0 aromatic rings. The molecule has 2 saturated heterocycles. The second-order valence-electron chi connectivity index (χ2n) is 5.78. The van der Waals surface area contributed by atoms with E-state index in [9.17, 15) is 0 Å². The number of ether oxygens (including phenoxy) is 2. The molecule has 0 radical (unpaired) electrons. The number of hydrogen-bond donors (Lipinski definition) is 1. The zero-order valence-corrected chi connectivity index (χ0v) is 14.5. The second kappa shape index (κ2) is 7.79. The molecule has 0 aromatic carbocycles. The van der Waals surface area contributed by atoms with Crippen molar-refractivity contribution in [1.82, 2.24) is 10.2 Å². The Hall–Kier alpha value is -0.0800. The molecule has 0 bridgehead atoms. The van der Waals surface area contributed by atoms with Crippen molar-refractivity contribution >= 4 is 29.9 Å². The third-order valence-electron chi connectivity index (χ3n) is 4.23.